The molecular weight excluding hydrogens is 248 g/mol. The number of terminal acetylenes is 1. The van der Waals surface area contributed by atoms with Gasteiger partial charge in [-0.2, -0.15) is 0 Å². The van der Waals surface area contributed by atoms with Gasteiger partial charge in [0.15, 0.2) is 11.5 Å². The van der Waals surface area contributed by atoms with Crippen molar-refractivity contribution in [2.75, 3.05) is 7.11 Å². The Morgan fingerprint density at radius 3 is 2.45 bits per heavy atom. The summed E-state index contributed by atoms with van der Waals surface area (Å²) in [5.41, 5.74) is 3.87. The van der Waals surface area contributed by atoms with Crippen molar-refractivity contribution in [3.8, 4) is 35.0 Å². The number of hydrogen-bond acceptors (Lipinski definition) is 2. The van der Waals surface area contributed by atoms with Gasteiger partial charge in [0.2, 0.25) is 0 Å². The minimum atomic E-state index is 0.0613. The van der Waals surface area contributed by atoms with E-state index in [1.54, 1.807) is 12.1 Å². The van der Waals surface area contributed by atoms with E-state index in [-0.39, 0.29) is 5.75 Å². The van der Waals surface area contributed by atoms with Crippen molar-refractivity contribution in [1.82, 2.24) is 0 Å². The molecule has 0 heterocycles. The Balaban J connectivity index is 2.73. The van der Waals surface area contributed by atoms with Crippen molar-refractivity contribution in [2.45, 2.75) is 19.8 Å². The largest absolute Gasteiger partial charge is 0.504 e. The molecule has 2 aromatic rings. The van der Waals surface area contributed by atoms with E-state index >= 15 is 0 Å². The van der Waals surface area contributed by atoms with Crippen molar-refractivity contribution in [3.63, 3.8) is 0 Å². The molecule has 0 amide bonds. The first-order chi connectivity index (χ1) is 9.58. The molecular formula is C18H18O2. The second-order valence-electron chi connectivity index (χ2n) is 4.96. The summed E-state index contributed by atoms with van der Waals surface area (Å²) in [6.45, 7) is 4.29. The summed E-state index contributed by atoms with van der Waals surface area (Å²) in [6, 6.07) is 11.5. The predicted octanol–water partition coefficient (Wildman–Crippen LogP) is 4.17. The Morgan fingerprint density at radius 1 is 1.15 bits per heavy atom. The molecule has 2 rings (SSSR count). The summed E-state index contributed by atoms with van der Waals surface area (Å²) < 4.78 is 5.19. The van der Waals surface area contributed by atoms with E-state index < -0.39 is 0 Å². The third kappa shape index (κ3) is 2.48. The van der Waals surface area contributed by atoms with E-state index in [0.717, 1.165) is 11.1 Å². The lowest BCUT2D eigenvalue weighted by Gasteiger charge is -2.15. The van der Waals surface area contributed by atoms with E-state index in [0.29, 0.717) is 17.2 Å². The number of phenolic OH excluding ortho intramolecular Hbond substituents is 1. The van der Waals surface area contributed by atoms with Gasteiger partial charge in [0, 0.05) is 11.1 Å². The molecule has 102 valence electrons. The van der Waals surface area contributed by atoms with Crippen LogP contribution in [0.5, 0.6) is 11.5 Å². The molecule has 2 heteroatoms. The van der Waals surface area contributed by atoms with E-state index in [1.807, 2.05) is 18.2 Å². The maximum absolute atomic E-state index is 9.85. The number of aromatic hydroxyl groups is 1. The van der Waals surface area contributed by atoms with Crippen LogP contribution < -0.4 is 4.74 Å². The Bertz CT molecular complexity index is 664. The highest BCUT2D eigenvalue weighted by atomic mass is 16.5. The van der Waals surface area contributed by atoms with Crippen LogP contribution in [0.25, 0.3) is 11.1 Å². The molecule has 0 spiro atoms. The molecule has 0 fully saturated rings. The molecule has 20 heavy (non-hydrogen) atoms. The summed E-state index contributed by atoms with van der Waals surface area (Å²) in [7, 11) is 1.53. The van der Waals surface area contributed by atoms with Gasteiger partial charge in [-0.3, -0.25) is 0 Å². The van der Waals surface area contributed by atoms with E-state index in [4.69, 9.17) is 11.2 Å². The quantitative estimate of drug-likeness (QED) is 0.845. The Kier molecular flexibility index (Phi) is 4.00. The van der Waals surface area contributed by atoms with Crippen LogP contribution in [0.2, 0.25) is 0 Å². The zero-order valence-electron chi connectivity index (χ0n) is 12.0. The lowest BCUT2D eigenvalue weighted by Crippen LogP contribution is -1.95. The number of rotatable bonds is 3. The number of ether oxygens (including phenoxy) is 1. The molecule has 0 atom stereocenters. The molecule has 0 radical (unpaired) electrons. The lowest BCUT2D eigenvalue weighted by molar-refractivity contribution is 0.373. The second-order valence-corrected chi connectivity index (χ2v) is 4.96. The SMILES string of the molecule is C#Cc1cc(O)c(OC)cc1-c1ccccc1C(C)C. The fourth-order valence-corrected chi connectivity index (χ4v) is 2.32. The minimum absolute atomic E-state index is 0.0613. The Morgan fingerprint density at radius 2 is 1.85 bits per heavy atom. The average Bonchev–Trinajstić information content (AvgIpc) is 2.46. The molecule has 0 saturated heterocycles. The van der Waals surface area contributed by atoms with Gasteiger partial charge in [-0.05, 0) is 29.2 Å². The fourth-order valence-electron chi connectivity index (χ4n) is 2.32. The van der Waals surface area contributed by atoms with Gasteiger partial charge in [0.1, 0.15) is 0 Å². The molecule has 2 aromatic carbocycles. The van der Waals surface area contributed by atoms with E-state index in [1.165, 1.54) is 12.7 Å². The molecule has 0 unspecified atom stereocenters. The van der Waals surface area contributed by atoms with E-state index in [9.17, 15) is 5.11 Å². The molecule has 0 aliphatic heterocycles. The van der Waals surface area contributed by atoms with Crippen LogP contribution in [-0.2, 0) is 0 Å². The first kappa shape index (κ1) is 14.0. The van der Waals surface area contributed by atoms with Crippen molar-refractivity contribution in [2.24, 2.45) is 0 Å². The van der Waals surface area contributed by atoms with Crippen LogP contribution in [-0.4, -0.2) is 12.2 Å². The topological polar surface area (TPSA) is 29.5 Å². The molecule has 0 aliphatic carbocycles. The van der Waals surface area contributed by atoms with Crippen LogP contribution in [0.15, 0.2) is 36.4 Å². The second kappa shape index (κ2) is 5.71. The van der Waals surface area contributed by atoms with Gasteiger partial charge < -0.3 is 9.84 Å². The number of methoxy groups -OCH3 is 1. The van der Waals surface area contributed by atoms with Crippen LogP contribution in [0.1, 0.15) is 30.9 Å². The molecule has 0 aromatic heterocycles. The highest BCUT2D eigenvalue weighted by Crippen LogP contribution is 2.37. The maximum Gasteiger partial charge on any atom is 0.161 e. The molecule has 0 bridgehead atoms. The maximum atomic E-state index is 9.85. The molecule has 0 aliphatic rings. The first-order valence-electron chi connectivity index (χ1n) is 6.55. The number of phenols is 1. The van der Waals surface area contributed by atoms with Crippen LogP contribution in [0.4, 0.5) is 0 Å². The van der Waals surface area contributed by atoms with Gasteiger partial charge in [-0.1, -0.05) is 44.0 Å². The summed E-state index contributed by atoms with van der Waals surface area (Å²) in [5.74, 6) is 3.51. The van der Waals surface area contributed by atoms with Gasteiger partial charge in [0.25, 0.3) is 0 Å². The van der Waals surface area contributed by atoms with Crippen LogP contribution >= 0.6 is 0 Å². The highest BCUT2D eigenvalue weighted by molar-refractivity contribution is 5.77. The van der Waals surface area contributed by atoms with Crippen LogP contribution in [0, 0.1) is 12.3 Å². The summed E-state index contributed by atoms with van der Waals surface area (Å²) >= 11 is 0. The third-order valence-electron chi connectivity index (χ3n) is 3.35. The summed E-state index contributed by atoms with van der Waals surface area (Å²) in [4.78, 5) is 0. The highest BCUT2D eigenvalue weighted by Gasteiger charge is 2.14. The van der Waals surface area contributed by atoms with Gasteiger partial charge >= 0.3 is 0 Å². The van der Waals surface area contributed by atoms with Gasteiger partial charge in [-0.15, -0.1) is 6.42 Å². The zero-order valence-corrected chi connectivity index (χ0v) is 12.0. The van der Waals surface area contributed by atoms with Gasteiger partial charge in [0.05, 0.1) is 7.11 Å². The molecule has 0 saturated carbocycles. The fraction of sp³-hybridized carbons (Fsp3) is 0.222. The molecule has 2 nitrogen and oxygen atoms in total. The van der Waals surface area contributed by atoms with Crippen molar-refractivity contribution < 1.29 is 9.84 Å². The van der Waals surface area contributed by atoms with Crippen molar-refractivity contribution in [1.29, 1.82) is 0 Å². The third-order valence-corrected chi connectivity index (χ3v) is 3.35. The standard InChI is InChI=1S/C18H18O2/c1-5-13-10-17(19)18(20-4)11-16(13)15-9-7-6-8-14(15)12(2)3/h1,6-12,19H,2-4H3. The predicted molar refractivity (Wildman–Crippen MR) is 82.1 cm³/mol. The average molecular weight is 266 g/mol. The number of benzene rings is 2. The smallest absolute Gasteiger partial charge is 0.161 e. The Labute approximate surface area is 120 Å². The van der Waals surface area contributed by atoms with Crippen molar-refractivity contribution in [3.05, 3.63) is 47.5 Å². The van der Waals surface area contributed by atoms with Gasteiger partial charge in [-0.25, -0.2) is 0 Å². The monoisotopic (exact) mass is 266 g/mol. The van der Waals surface area contributed by atoms with E-state index in [2.05, 4.69) is 25.8 Å². The zero-order chi connectivity index (χ0) is 14.7. The Hall–Kier alpha value is -2.40. The minimum Gasteiger partial charge on any atom is -0.504 e. The summed E-state index contributed by atoms with van der Waals surface area (Å²) in [5, 5.41) is 9.85. The summed E-state index contributed by atoms with van der Waals surface area (Å²) in [6.07, 6.45) is 5.57. The first-order valence-corrected chi connectivity index (χ1v) is 6.55. The lowest BCUT2D eigenvalue weighted by atomic mass is 9.90. The molecule has 1 N–H and O–H groups in total. The normalized spacial score (nSPS) is 10.3. The number of hydrogen-bond donors (Lipinski definition) is 1. The van der Waals surface area contributed by atoms with Crippen molar-refractivity contribution >= 4 is 0 Å². The van der Waals surface area contributed by atoms with Crippen LogP contribution in [0.3, 0.4) is 0 Å².